The summed E-state index contributed by atoms with van der Waals surface area (Å²) in [6, 6.07) is 67.4. The summed E-state index contributed by atoms with van der Waals surface area (Å²) in [6.45, 7) is 30.8. The van der Waals surface area contributed by atoms with Crippen molar-refractivity contribution in [2.45, 2.75) is 281 Å². The maximum Gasteiger partial charge on any atom is 0.240 e. The van der Waals surface area contributed by atoms with E-state index < -0.39 is 0 Å². The van der Waals surface area contributed by atoms with Gasteiger partial charge in [-0.3, -0.25) is 38.4 Å². The molecule has 8 aliphatic heterocycles. The van der Waals surface area contributed by atoms with Crippen molar-refractivity contribution < 1.29 is 38.4 Å². The van der Waals surface area contributed by atoms with Crippen molar-refractivity contribution >= 4 is 47.3 Å². The van der Waals surface area contributed by atoms with Gasteiger partial charge in [-0.2, -0.15) is 0 Å². The molecule has 732 valence electrons. The third-order valence-corrected chi connectivity index (χ3v) is 30.0. The second kappa shape index (κ2) is 46.6. The number of carbonyl (C=O) groups excluding carboxylic acids is 8. The number of hydrogen-bond donors (Lipinski definition) is 10. The molecule has 12 atom stereocenters. The van der Waals surface area contributed by atoms with Crippen LogP contribution in [0, 0.1) is 0 Å². The minimum atomic E-state index is -0.292. The van der Waals surface area contributed by atoms with E-state index in [0.717, 1.165) is 90.1 Å². The molecule has 0 saturated heterocycles. The van der Waals surface area contributed by atoms with Gasteiger partial charge < -0.3 is 82.6 Å². The van der Waals surface area contributed by atoms with Crippen molar-refractivity contribution in [1.29, 1.82) is 0 Å². The van der Waals surface area contributed by atoms with Crippen molar-refractivity contribution in [3.8, 4) is 0 Å². The van der Waals surface area contributed by atoms with Gasteiger partial charge in [0.2, 0.25) is 47.3 Å². The zero-order valence-electron chi connectivity index (χ0n) is 85.4. The lowest BCUT2D eigenvalue weighted by molar-refractivity contribution is -0.140. The molecule has 24 heteroatoms. The third-order valence-electron chi connectivity index (χ3n) is 30.0. The Labute approximate surface area is 811 Å². The first-order valence-electron chi connectivity index (χ1n) is 49.3. The zero-order chi connectivity index (χ0) is 99.0. The Hall–Kier alpha value is -10.8. The van der Waals surface area contributed by atoms with Crippen molar-refractivity contribution in [3.05, 3.63) is 283 Å². The zero-order valence-corrected chi connectivity index (χ0v) is 85.4. The van der Waals surface area contributed by atoms with E-state index in [9.17, 15) is 38.4 Å². The van der Waals surface area contributed by atoms with Gasteiger partial charge in [0.1, 0.15) is 0 Å². The molecule has 0 radical (unpaired) electrons. The Morgan fingerprint density at radius 1 is 0.309 bits per heavy atom. The molecule has 0 aromatic heterocycles. The number of nitrogens with one attached hydrogen (secondary N) is 10. The summed E-state index contributed by atoms with van der Waals surface area (Å²) in [6.07, 6.45) is 10.8. The Morgan fingerprint density at radius 2 is 0.625 bits per heavy atom. The van der Waals surface area contributed by atoms with Gasteiger partial charge in [0, 0.05) is 39.3 Å². The van der Waals surface area contributed by atoms with Crippen LogP contribution in [0.4, 0.5) is 0 Å². The van der Waals surface area contributed by atoms with E-state index in [1.807, 2.05) is 191 Å². The predicted octanol–water partition coefficient (Wildman–Crippen LogP) is 12.7. The fraction of sp³-hybridized carbons (Fsp3) is 0.500. The highest BCUT2D eigenvalue weighted by atomic mass is 16.2. The van der Waals surface area contributed by atoms with Crippen LogP contribution in [0.2, 0.25) is 0 Å². The van der Waals surface area contributed by atoms with Gasteiger partial charge in [-0.1, -0.05) is 194 Å². The van der Waals surface area contributed by atoms with Crippen LogP contribution in [0.15, 0.2) is 194 Å². The molecule has 10 N–H and O–H groups in total. The normalized spacial score (nSPS) is 24.7. The quantitative estimate of drug-likeness (QED) is 0.0544. The summed E-state index contributed by atoms with van der Waals surface area (Å²) >= 11 is 0. The topological polar surface area (TPSA) is 276 Å². The summed E-state index contributed by atoms with van der Waals surface area (Å²) < 4.78 is 0. The van der Waals surface area contributed by atoms with Gasteiger partial charge in [0.25, 0.3) is 0 Å². The molecule has 136 heavy (non-hydrogen) atoms. The van der Waals surface area contributed by atoms with Gasteiger partial charge in [0.05, 0.1) is 94.7 Å². The Balaban J connectivity index is 0.000000149. The molecule has 10 aliphatic rings. The largest absolute Gasteiger partial charge is 0.348 e. The molecule has 2 saturated carbocycles. The van der Waals surface area contributed by atoms with Crippen LogP contribution in [0.1, 0.15) is 236 Å². The van der Waals surface area contributed by atoms with Crippen LogP contribution in [0.25, 0.3) is 0 Å². The van der Waals surface area contributed by atoms with Crippen molar-refractivity contribution in [3.63, 3.8) is 0 Å². The number of likely N-dealkylation sites (N-methyl/N-ethyl adjacent to an activating group) is 12. The molecule has 24 nitrogen and oxygen atoms in total. The maximum absolute atomic E-state index is 12.8. The van der Waals surface area contributed by atoms with E-state index in [0.29, 0.717) is 12.1 Å². The molecule has 18 rings (SSSR count). The first-order chi connectivity index (χ1) is 64.9. The standard InChI is InChI=1S/C16H22N2O.C15H20N2O.C15H22N2O.2C14H20N2O.2C13H18N2O.C12H16N2O/c1-16(2)13-7-5-4-6-11(13)10-14(17-3)15(19)18(16)12-8-9-12;1-10-13-6-4-3-5-11(13)9-14(16-2)15(18)17(10)12-7-8-12;1-5-17-14(18)13(16-4)10-11-8-6-7-9-12(11)15(17,2)3;1-14(2)11-8-6-5-7-10(11)9-12(15-3)13(17)16(14)4;1-4-16-10(2)12-8-6-5-7-11(12)9-13(15-3)14(16)17;1-13(2)10-7-5-4-6-9(10)8-11(14-3)12(16)15-13;1-9-11-7-5-4-6-10(11)8-12(14-2)13(16)15(9)3;1-8-10-6-4-3-5-9(10)7-11(13-2)12(15)14-8/h4-7,12,14,17H,8-10H2,1-3H3;3-6,10,12,14,16H,7-9H2,1-2H3;6-9,13,16H,5,10H2,1-4H3;5-8,12,15H,9H2,1-4H3;5-8,10,13,15H,4,9H2,1-3H3;4-7,11,14H,8H2,1-3H3,(H,15,16);4-7,9,12,14H,8H2,1-3H3;3-6,8,11,13H,7H2,1-2H3,(H,14,15). The summed E-state index contributed by atoms with van der Waals surface area (Å²) in [7, 11) is 18.6. The van der Waals surface area contributed by atoms with Crippen LogP contribution >= 0.6 is 0 Å². The van der Waals surface area contributed by atoms with E-state index in [2.05, 4.69) is 253 Å². The predicted molar refractivity (Wildman–Crippen MR) is 546 cm³/mol. The molecule has 8 aromatic carbocycles. The molecule has 2 fully saturated rings. The second-order valence-corrected chi connectivity index (χ2v) is 39.8. The van der Waals surface area contributed by atoms with E-state index in [1.54, 1.807) is 0 Å². The number of nitrogens with zero attached hydrogens (tertiary/aromatic N) is 6. The lowest BCUT2D eigenvalue weighted by atomic mass is 9.88. The summed E-state index contributed by atoms with van der Waals surface area (Å²) in [5.41, 5.74) is 19.3. The average molecular weight is 1850 g/mol. The molecular weight excluding hydrogens is 1700 g/mol. The number of benzene rings is 8. The Kier molecular flexibility index (Phi) is 36.2. The lowest BCUT2D eigenvalue weighted by Crippen LogP contribution is -2.52. The van der Waals surface area contributed by atoms with Crippen molar-refractivity contribution in [2.24, 2.45) is 0 Å². The molecule has 2 aliphatic carbocycles. The van der Waals surface area contributed by atoms with Crippen molar-refractivity contribution in [1.82, 2.24) is 82.6 Å². The van der Waals surface area contributed by atoms with E-state index in [-0.39, 0.29) is 142 Å². The highest BCUT2D eigenvalue weighted by Crippen LogP contribution is 2.44. The minimum Gasteiger partial charge on any atom is -0.348 e. The fourth-order valence-electron chi connectivity index (χ4n) is 21.3. The number of hydrogen-bond acceptors (Lipinski definition) is 16. The maximum atomic E-state index is 12.8. The third kappa shape index (κ3) is 23.8. The van der Waals surface area contributed by atoms with E-state index >= 15 is 0 Å². The first kappa shape index (κ1) is 106. The number of fused-ring (bicyclic) bond motifs is 8. The second-order valence-electron chi connectivity index (χ2n) is 39.8. The SMILES string of the molecule is CCN1C(=O)C(NC)Cc2ccccc2C1(C)C.CCN1C(=O)C(NC)Cc2ccccc2C1C.CNC1Cc2ccccc2C(C)(C)N(C)C1=O.CNC1Cc2ccccc2C(C)(C)N(C2CC2)C1=O.CNC1Cc2ccccc2C(C)(C)NC1=O.CNC1Cc2ccccc2C(C)N(C)C1=O.CNC1Cc2ccccc2C(C)N(C2CC2)C1=O.CNC1Cc2ccccc2C(C)NC1=O. The van der Waals surface area contributed by atoms with Gasteiger partial charge in [0.15, 0.2) is 0 Å². The molecule has 8 amide bonds. The smallest absolute Gasteiger partial charge is 0.240 e. The summed E-state index contributed by atoms with van der Waals surface area (Å²) in [4.78, 5) is 110. The number of amides is 8. The molecule has 8 aromatic rings. The molecule has 0 bridgehead atoms. The lowest BCUT2D eigenvalue weighted by Gasteiger charge is -2.39. The van der Waals surface area contributed by atoms with Crippen molar-refractivity contribution in [2.75, 3.05) is 83.6 Å². The monoisotopic (exact) mass is 1850 g/mol. The first-order valence-corrected chi connectivity index (χ1v) is 49.3. The van der Waals surface area contributed by atoms with E-state index in [1.165, 1.54) is 89.0 Å². The van der Waals surface area contributed by atoms with Crippen LogP contribution in [-0.4, -0.2) is 221 Å². The number of rotatable bonds is 12. The van der Waals surface area contributed by atoms with Crippen LogP contribution in [0.5, 0.6) is 0 Å². The van der Waals surface area contributed by atoms with Gasteiger partial charge >= 0.3 is 0 Å². The highest BCUT2D eigenvalue weighted by Gasteiger charge is 2.49. The number of carbonyl (C=O) groups is 8. The highest BCUT2D eigenvalue weighted by molar-refractivity contribution is 5.88. The Morgan fingerprint density at radius 3 is 1.06 bits per heavy atom. The average Bonchev–Trinajstić information content (AvgIpc) is 1.59. The minimum absolute atomic E-state index is 0.0725. The van der Waals surface area contributed by atoms with E-state index in [4.69, 9.17) is 0 Å². The molecule has 0 spiro atoms. The van der Waals surface area contributed by atoms with Crippen LogP contribution in [-0.2, 0) is 112 Å². The summed E-state index contributed by atoms with van der Waals surface area (Å²) in [5, 5.41) is 31.0. The molecular formula is C112H156N16O8. The Bertz CT molecular complexity index is 5410. The summed E-state index contributed by atoms with van der Waals surface area (Å²) in [5.74, 6) is 1.42. The van der Waals surface area contributed by atoms with Crippen LogP contribution < -0.4 is 53.2 Å². The molecule has 8 heterocycles. The fourth-order valence-corrected chi connectivity index (χ4v) is 21.3. The molecule has 12 unspecified atom stereocenters. The van der Waals surface area contributed by atoms with Gasteiger partial charge in [-0.05, 0) is 319 Å². The van der Waals surface area contributed by atoms with Gasteiger partial charge in [-0.25, -0.2) is 0 Å². The van der Waals surface area contributed by atoms with Crippen LogP contribution in [0.3, 0.4) is 0 Å². The van der Waals surface area contributed by atoms with Gasteiger partial charge in [-0.15, -0.1) is 0 Å².